The number of aliphatic hydroxyl groups excluding tert-OH is 3. The molecule has 1 aromatic rings. The summed E-state index contributed by atoms with van der Waals surface area (Å²) < 4.78 is 14.5. The van der Waals surface area contributed by atoms with E-state index in [1.807, 2.05) is 0 Å². The van der Waals surface area contributed by atoms with Gasteiger partial charge in [0.2, 0.25) is 0 Å². The number of hydrogen-bond donors (Lipinski definition) is 3. The van der Waals surface area contributed by atoms with Crippen molar-refractivity contribution in [3.8, 4) is 5.75 Å². The standard InChI is InChI=1S/C16H18O8/c1-22-10-5-2-9(3-6-10)4-7-12(18)23-8-11(17)15-13(19)14(20)16(21)24-15/h2-7,11,13-15,17,19-20H,8H2,1H3. The number of esters is 2. The van der Waals surface area contributed by atoms with Crippen molar-refractivity contribution in [3.63, 3.8) is 0 Å². The highest BCUT2D eigenvalue weighted by Crippen LogP contribution is 2.19. The van der Waals surface area contributed by atoms with Crippen LogP contribution in [0.3, 0.4) is 0 Å². The fourth-order valence-corrected chi connectivity index (χ4v) is 2.09. The van der Waals surface area contributed by atoms with E-state index in [-0.39, 0.29) is 0 Å². The molecule has 4 unspecified atom stereocenters. The first-order chi connectivity index (χ1) is 11.4. The molecular weight excluding hydrogens is 320 g/mol. The van der Waals surface area contributed by atoms with Crippen molar-refractivity contribution in [3.05, 3.63) is 35.9 Å². The van der Waals surface area contributed by atoms with Crippen LogP contribution in [0.5, 0.6) is 5.75 Å². The predicted molar refractivity (Wildman–Crippen MR) is 80.9 cm³/mol. The summed E-state index contributed by atoms with van der Waals surface area (Å²) in [6.07, 6.45) is -3.38. The molecule has 2 rings (SSSR count). The van der Waals surface area contributed by atoms with Crippen LogP contribution >= 0.6 is 0 Å². The van der Waals surface area contributed by atoms with Crippen LogP contribution in [0.1, 0.15) is 5.56 Å². The highest BCUT2D eigenvalue weighted by atomic mass is 16.6. The number of hydrogen-bond acceptors (Lipinski definition) is 8. The zero-order valence-electron chi connectivity index (χ0n) is 12.9. The van der Waals surface area contributed by atoms with Gasteiger partial charge in [0, 0.05) is 6.08 Å². The molecule has 130 valence electrons. The third-order valence-corrected chi connectivity index (χ3v) is 3.46. The van der Waals surface area contributed by atoms with Crippen LogP contribution in [0, 0.1) is 0 Å². The Morgan fingerprint density at radius 3 is 2.54 bits per heavy atom. The van der Waals surface area contributed by atoms with Crippen molar-refractivity contribution < 1.29 is 39.1 Å². The molecule has 4 atom stereocenters. The van der Waals surface area contributed by atoms with Crippen molar-refractivity contribution in [2.24, 2.45) is 0 Å². The number of methoxy groups -OCH3 is 1. The molecule has 8 nitrogen and oxygen atoms in total. The van der Waals surface area contributed by atoms with Crippen LogP contribution in [0.4, 0.5) is 0 Å². The Morgan fingerprint density at radius 2 is 2.00 bits per heavy atom. The topological polar surface area (TPSA) is 123 Å². The van der Waals surface area contributed by atoms with Gasteiger partial charge in [0.05, 0.1) is 7.11 Å². The monoisotopic (exact) mass is 338 g/mol. The minimum Gasteiger partial charge on any atom is -0.497 e. The van der Waals surface area contributed by atoms with Gasteiger partial charge in [0.25, 0.3) is 0 Å². The molecule has 0 radical (unpaired) electrons. The molecule has 0 aliphatic carbocycles. The summed E-state index contributed by atoms with van der Waals surface area (Å²) in [5.41, 5.74) is 0.747. The molecular formula is C16H18O8. The maximum Gasteiger partial charge on any atom is 0.338 e. The van der Waals surface area contributed by atoms with E-state index in [4.69, 9.17) is 9.47 Å². The Morgan fingerprint density at radius 1 is 1.33 bits per heavy atom. The second-order valence-corrected chi connectivity index (χ2v) is 5.14. The molecule has 8 heteroatoms. The van der Waals surface area contributed by atoms with E-state index in [2.05, 4.69) is 4.74 Å². The van der Waals surface area contributed by atoms with Crippen LogP contribution in [-0.4, -0.2) is 65.4 Å². The number of aliphatic hydroxyl groups is 3. The number of ether oxygens (including phenoxy) is 3. The lowest BCUT2D eigenvalue weighted by atomic mass is 10.1. The second kappa shape index (κ2) is 7.91. The van der Waals surface area contributed by atoms with E-state index in [0.29, 0.717) is 5.75 Å². The Hall–Kier alpha value is -2.42. The normalized spacial score (nSPS) is 24.7. The molecule has 0 spiro atoms. The van der Waals surface area contributed by atoms with E-state index < -0.39 is 43.0 Å². The van der Waals surface area contributed by atoms with Gasteiger partial charge in [-0.1, -0.05) is 12.1 Å². The van der Waals surface area contributed by atoms with Crippen molar-refractivity contribution in [1.82, 2.24) is 0 Å². The maximum absolute atomic E-state index is 11.6. The van der Waals surface area contributed by atoms with Crippen LogP contribution < -0.4 is 4.74 Å². The lowest BCUT2D eigenvalue weighted by Gasteiger charge is -2.19. The van der Waals surface area contributed by atoms with Gasteiger partial charge in [-0.25, -0.2) is 9.59 Å². The zero-order chi connectivity index (χ0) is 17.7. The van der Waals surface area contributed by atoms with Crippen LogP contribution in [-0.2, 0) is 19.1 Å². The molecule has 3 N–H and O–H groups in total. The largest absolute Gasteiger partial charge is 0.497 e. The number of cyclic esters (lactones) is 1. The molecule has 0 amide bonds. The SMILES string of the molecule is COc1ccc(C=CC(=O)OCC(O)C2OC(=O)C(O)C2O)cc1. The predicted octanol–water partition coefficient (Wildman–Crippen LogP) is -0.740. The number of rotatable bonds is 6. The summed E-state index contributed by atoms with van der Waals surface area (Å²) in [5, 5.41) is 28.6. The smallest absolute Gasteiger partial charge is 0.338 e. The van der Waals surface area contributed by atoms with Gasteiger partial charge < -0.3 is 29.5 Å². The van der Waals surface area contributed by atoms with Gasteiger partial charge in [0.15, 0.2) is 12.2 Å². The van der Waals surface area contributed by atoms with Gasteiger partial charge in [-0.2, -0.15) is 0 Å². The first kappa shape index (κ1) is 17.9. The Bertz CT molecular complexity index is 609. The Balaban J connectivity index is 1.82. The molecule has 1 saturated heterocycles. The lowest BCUT2D eigenvalue weighted by Crippen LogP contribution is -2.41. The highest BCUT2D eigenvalue weighted by molar-refractivity contribution is 5.87. The molecule has 0 saturated carbocycles. The summed E-state index contributed by atoms with van der Waals surface area (Å²) in [4.78, 5) is 22.7. The molecule has 24 heavy (non-hydrogen) atoms. The first-order valence-corrected chi connectivity index (χ1v) is 7.16. The summed E-state index contributed by atoms with van der Waals surface area (Å²) in [5.74, 6) is -1.06. The van der Waals surface area contributed by atoms with Crippen molar-refractivity contribution >= 4 is 18.0 Å². The average Bonchev–Trinajstić information content (AvgIpc) is 2.85. The van der Waals surface area contributed by atoms with Crippen LogP contribution in [0.25, 0.3) is 6.08 Å². The zero-order valence-corrected chi connectivity index (χ0v) is 12.9. The summed E-state index contributed by atoms with van der Waals surface area (Å²) in [7, 11) is 1.55. The van der Waals surface area contributed by atoms with Crippen LogP contribution in [0.2, 0.25) is 0 Å². The number of carbonyl (C=O) groups excluding carboxylic acids is 2. The van der Waals surface area contributed by atoms with Gasteiger partial charge >= 0.3 is 11.9 Å². The maximum atomic E-state index is 11.6. The van der Waals surface area contributed by atoms with Crippen molar-refractivity contribution in [2.75, 3.05) is 13.7 Å². The first-order valence-electron chi connectivity index (χ1n) is 7.16. The summed E-state index contributed by atoms with van der Waals surface area (Å²) in [6, 6.07) is 6.95. The van der Waals surface area contributed by atoms with E-state index >= 15 is 0 Å². The second-order valence-electron chi connectivity index (χ2n) is 5.14. The molecule has 1 aliphatic heterocycles. The molecule has 1 fully saturated rings. The van der Waals surface area contributed by atoms with Gasteiger partial charge in [-0.05, 0) is 23.8 Å². The lowest BCUT2D eigenvalue weighted by molar-refractivity contribution is -0.154. The van der Waals surface area contributed by atoms with Gasteiger partial charge in [0.1, 0.15) is 24.6 Å². The van der Waals surface area contributed by atoms with Crippen LogP contribution in [0.15, 0.2) is 30.3 Å². The minimum atomic E-state index is -1.71. The third kappa shape index (κ3) is 4.31. The molecule has 1 aromatic carbocycles. The molecule has 0 bridgehead atoms. The third-order valence-electron chi connectivity index (χ3n) is 3.46. The van der Waals surface area contributed by atoms with E-state index in [1.54, 1.807) is 31.4 Å². The number of benzene rings is 1. The fraction of sp³-hybridized carbons (Fsp3) is 0.375. The minimum absolute atomic E-state index is 0.493. The molecule has 1 heterocycles. The molecule has 1 aliphatic rings. The number of carbonyl (C=O) groups is 2. The average molecular weight is 338 g/mol. The fourth-order valence-electron chi connectivity index (χ4n) is 2.09. The Labute approximate surface area is 137 Å². The van der Waals surface area contributed by atoms with E-state index in [0.717, 1.165) is 5.56 Å². The Kier molecular flexibility index (Phi) is 5.91. The van der Waals surface area contributed by atoms with Crippen molar-refractivity contribution in [2.45, 2.75) is 24.4 Å². The summed E-state index contributed by atoms with van der Waals surface area (Å²) >= 11 is 0. The quantitative estimate of drug-likeness (QED) is 0.458. The van der Waals surface area contributed by atoms with Crippen molar-refractivity contribution in [1.29, 1.82) is 0 Å². The van der Waals surface area contributed by atoms with E-state index in [9.17, 15) is 24.9 Å². The van der Waals surface area contributed by atoms with Gasteiger partial charge in [-0.15, -0.1) is 0 Å². The van der Waals surface area contributed by atoms with E-state index in [1.165, 1.54) is 12.2 Å². The molecule has 0 aromatic heterocycles. The summed E-state index contributed by atoms with van der Waals surface area (Å²) in [6.45, 7) is -0.493. The highest BCUT2D eigenvalue weighted by Gasteiger charge is 2.46. The van der Waals surface area contributed by atoms with Gasteiger partial charge in [-0.3, -0.25) is 0 Å².